The first-order valence-corrected chi connectivity index (χ1v) is 5.98. The zero-order chi connectivity index (χ0) is 10.9. The Bertz CT molecular complexity index is 331. The molecule has 0 amide bonds. The van der Waals surface area contributed by atoms with E-state index >= 15 is 0 Å². The van der Waals surface area contributed by atoms with Crippen LogP contribution in [0.1, 0.15) is 32.1 Å². The molecule has 0 bridgehead atoms. The Hall–Kier alpha value is -0.320. The minimum absolute atomic E-state index is 0.0750. The quantitative estimate of drug-likeness (QED) is 0.920. The van der Waals surface area contributed by atoms with Crippen LogP contribution in [0.15, 0.2) is 21.2 Å². The van der Waals surface area contributed by atoms with Crippen LogP contribution >= 0.6 is 15.9 Å². The van der Waals surface area contributed by atoms with Crippen molar-refractivity contribution in [3.8, 4) is 0 Å². The van der Waals surface area contributed by atoms with Crippen molar-refractivity contribution in [2.24, 2.45) is 0 Å². The molecule has 2 heterocycles. The summed E-state index contributed by atoms with van der Waals surface area (Å²) in [6.07, 6.45) is 2.75. The molecule has 0 aliphatic carbocycles. The second kappa shape index (κ2) is 4.28. The summed E-state index contributed by atoms with van der Waals surface area (Å²) in [4.78, 5) is 0. The molecule has 2 atom stereocenters. The predicted octanol–water partition coefficient (Wildman–Crippen LogP) is 2.87. The molecule has 1 saturated heterocycles. The Morgan fingerprint density at radius 1 is 1.60 bits per heavy atom. The number of rotatable bonds is 3. The normalized spacial score (nSPS) is 28.2. The van der Waals surface area contributed by atoms with Gasteiger partial charge in [-0.15, -0.1) is 0 Å². The van der Waals surface area contributed by atoms with Crippen molar-refractivity contribution >= 4 is 15.9 Å². The van der Waals surface area contributed by atoms with Gasteiger partial charge in [0.1, 0.15) is 5.76 Å². The molecular weight excluding hydrogens is 258 g/mol. The zero-order valence-corrected chi connectivity index (χ0v) is 10.6. The number of ether oxygens (including phenoxy) is 1. The third-order valence-corrected chi connectivity index (χ3v) is 3.48. The summed E-state index contributed by atoms with van der Waals surface area (Å²) in [5.74, 6) is 0.947. The molecule has 1 aliphatic heterocycles. The van der Waals surface area contributed by atoms with Crippen LogP contribution < -0.4 is 5.32 Å². The van der Waals surface area contributed by atoms with Gasteiger partial charge < -0.3 is 9.15 Å². The van der Waals surface area contributed by atoms with Crippen LogP contribution in [0.4, 0.5) is 0 Å². The topological polar surface area (TPSA) is 34.4 Å². The Labute approximate surface area is 98.3 Å². The smallest absolute Gasteiger partial charge is 0.134 e. The molecule has 1 aromatic heterocycles. The molecule has 1 fully saturated rings. The SMILES string of the molecule is CC(NC1(C)CCOC1)c1occc1Br. The molecular formula is C11H16BrNO2. The van der Waals surface area contributed by atoms with Gasteiger partial charge >= 0.3 is 0 Å². The summed E-state index contributed by atoms with van der Waals surface area (Å²) in [5.41, 5.74) is 0.0750. The van der Waals surface area contributed by atoms with E-state index in [0.29, 0.717) is 0 Å². The lowest BCUT2D eigenvalue weighted by Crippen LogP contribution is -2.44. The van der Waals surface area contributed by atoms with Crippen LogP contribution in [0.25, 0.3) is 0 Å². The van der Waals surface area contributed by atoms with E-state index < -0.39 is 0 Å². The minimum atomic E-state index is 0.0750. The second-order valence-corrected chi connectivity index (χ2v) is 5.22. The number of furan rings is 1. The predicted molar refractivity (Wildman–Crippen MR) is 61.8 cm³/mol. The average Bonchev–Trinajstić information content (AvgIpc) is 2.74. The molecule has 0 spiro atoms. The highest BCUT2D eigenvalue weighted by molar-refractivity contribution is 9.10. The molecule has 1 aromatic rings. The average molecular weight is 274 g/mol. The molecule has 0 aromatic carbocycles. The maximum Gasteiger partial charge on any atom is 0.134 e. The highest BCUT2D eigenvalue weighted by Crippen LogP contribution is 2.28. The summed E-state index contributed by atoms with van der Waals surface area (Å²) in [6.45, 7) is 5.91. The summed E-state index contributed by atoms with van der Waals surface area (Å²) in [6, 6.07) is 2.11. The first-order valence-electron chi connectivity index (χ1n) is 5.19. The first kappa shape index (κ1) is 11.2. The van der Waals surface area contributed by atoms with Gasteiger partial charge in [0.2, 0.25) is 0 Å². The molecule has 2 rings (SSSR count). The molecule has 2 unspecified atom stereocenters. The Morgan fingerprint density at radius 2 is 2.40 bits per heavy atom. The van der Waals surface area contributed by atoms with E-state index in [-0.39, 0.29) is 11.6 Å². The van der Waals surface area contributed by atoms with Crippen LogP contribution in [0.5, 0.6) is 0 Å². The highest BCUT2D eigenvalue weighted by Gasteiger charge is 2.32. The van der Waals surface area contributed by atoms with Crippen molar-refractivity contribution in [3.05, 3.63) is 22.6 Å². The molecule has 0 radical (unpaired) electrons. The fourth-order valence-electron chi connectivity index (χ4n) is 1.98. The molecule has 15 heavy (non-hydrogen) atoms. The fourth-order valence-corrected chi connectivity index (χ4v) is 2.53. The maximum atomic E-state index is 5.43. The van der Waals surface area contributed by atoms with Crippen molar-refractivity contribution in [1.82, 2.24) is 5.32 Å². The van der Waals surface area contributed by atoms with Crippen LogP contribution in [-0.2, 0) is 4.74 Å². The van der Waals surface area contributed by atoms with E-state index in [2.05, 4.69) is 35.1 Å². The van der Waals surface area contributed by atoms with E-state index in [0.717, 1.165) is 29.9 Å². The van der Waals surface area contributed by atoms with E-state index in [1.807, 2.05) is 6.07 Å². The summed E-state index contributed by atoms with van der Waals surface area (Å²) in [7, 11) is 0. The first-order chi connectivity index (χ1) is 7.11. The van der Waals surface area contributed by atoms with Gasteiger partial charge in [0.05, 0.1) is 23.4 Å². The van der Waals surface area contributed by atoms with Gasteiger partial charge in [-0.2, -0.15) is 0 Å². The van der Waals surface area contributed by atoms with Gasteiger partial charge in [-0.25, -0.2) is 0 Å². The highest BCUT2D eigenvalue weighted by atomic mass is 79.9. The van der Waals surface area contributed by atoms with Crippen molar-refractivity contribution in [3.63, 3.8) is 0 Å². The lowest BCUT2D eigenvalue weighted by Gasteiger charge is -2.27. The van der Waals surface area contributed by atoms with Crippen LogP contribution in [0.3, 0.4) is 0 Å². The Morgan fingerprint density at radius 3 is 2.93 bits per heavy atom. The lowest BCUT2D eigenvalue weighted by atomic mass is 10.00. The number of hydrogen-bond donors (Lipinski definition) is 1. The van der Waals surface area contributed by atoms with Crippen molar-refractivity contribution in [1.29, 1.82) is 0 Å². The largest absolute Gasteiger partial charge is 0.466 e. The van der Waals surface area contributed by atoms with E-state index in [4.69, 9.17) is 9.15 Å². The zero-order valence-electron chi connectivity index (χ0n) is 9.05. The second-order valence-electron chi connectivity index (χ2n) is 4.36. The number of halogens is 1. The van der Waals surface area contributed by atoms with Crippen molar-refractivity contribution in [2.45, 2.75) is 31.8 Å². The summed E-state index contributed by atoms with van der Waals surface area (Å²) in [5, 5.41) is 3.55. The molecule has 84 valence electrons. The number of hydrogen-bond acceptors (Lipinski definition) is 3. The summed E-state index contributed by atoms with van der Waals surface area (Å²) < 4.78 is 11.9. The van der Waals surface area contributed by atoms with Gasteiger partial charge in [0, 0.05) is 12.1 Å². The van der Waals surface area contributed by atoms with Gasteiger partial charge in [-0.1, -0.05) is 0 Å². The Balaban J connectivity index is 2.03. The Kier molecular flexibility index (Phi) is 3.19. The van der Waals surface area contributed by atoms with Gasteiger partial charge in [0.25, 0.3) is 0 Å². The van der Waals surface area contributed by atoms with Crippen LogP contribution in [0.2, 0.25) is 0 Å². The van der Waals surface area contributed by atoms with E-state index in [1.54, 1.807) is 6.26 Å². The number of nitrogens with one attached hydrogen (secondary N) is 1. The molecule has 4 heteroatoms. The van der Waals surface area contributed by atoms with E-state index in [1.165, 1.54) is 0 Å². The van der Waals surface area contributed by atoms with Crippen molar-refractivity contribution in [2.75, 3.05) is 13.2 Å². The van der Waals surface area contributed by atoms with E-state index in [9.17, 15) is 0 Å². The van der Waals surface area contributed by atoms with Gasteiger partial charge in [-0.05, 0) is 42.3 Å². The van der Waals surface area contributed by atoms with Crippen LogP contribution in [0, 0.1) is 0 Å². The summed E-state index contributed by atoms with van der Waals surface area (Å²) >= 11 is 3.47. The van der Waals surface area contributed by atoms with Gasteiger partial charge in [0.15, 0.2) is 0 Å². The molecule has 1 N–H and O–H groups in total. The molecule has 1 aliphatic rings. The monoisotopic (exact) mass is 273 g/mol. The lowest BCUT2D eigenvalue weighted by molar-refractivity contribution is 0.165. The maximum absolute atomic E-state index is 5.43. The van der Waals surface area contributed by atoms with Crippen molar-refractivity contribution < 1.29 is 9.15 Å². The van der Waals surface area contributed by atoms with Gasteiger partial charge in [-0.3, -0.25) is 5.32 Å². The standard InChI is InChI=1S/C11H16BrNO2/c1-8(10-9(12)3-5-15-10)13-11(2)4-6-14-7-11/h3,5,8,13H,4,6-7H2,1-2H3. The molecule has 3 nitrogen and oxygen atoms in total. The third kappa shape index (κ3) is 2.44. The van der Waals surface area contributed by atoms with Crippen LogP contribution in [-0.4, -0.2) is 18.8 Å². The fraction of sp³-hybridized carbons (Fsp3) is 0.636. The third-order valence-electron chi connectivity index (χ3n) is 2.82. The molecule has 0 saturated carbocycles. The minimum Gasteiger partial charge on any atom is -0.466 e.